The van der Waals surface area contributed by atoms with Crippen LogP contribution in [0.5, 0.6) is 0 Å². The highest BCUT2D eigenvalue weighted by atomic mass is 32.2. The van der Waals surface area contributed by atoms with E-state index in [9.17, 15) is 16.8 Å². The minimum atomic E-state index is -3.72. The Balaban J connectivity index is 1.91. The Kier molecular flexibility index (Phi) is 5.82. The van der Waals surface area contributed by atoms with Crippen LogP contribution >= 0.6 is 0 Å². The molecule has 1 atom stereocenters. The fraction of sp³-hybridized carbons (Fsp3) is 0.278. The minimum Gasteiger partial charge on any atom is -0.228 e. The normalized spacial score (nSPS) is 13.5. The number of benzene rings is 2. The molecule has 11 heteroatoms. The standard InChI is InChI=1S/C18H21N5O4S2/c1-14(18-19-20-21-23(18)16-9-5-4-6-10-16)28(24,25)13-15-8-7-11-17(12-15)29(26,27)22(2)3/h4-12,14H,13H2,1-3H3. The quantitative estimate of drug-likeness (QED) is 0.553. The number of hydrogen-bond donors (Lipinski definition) is 0. The third-order valence-electron chi connectivity index (χ3n) is 4.44. The molecule has 3 rings (SSSR count). The van der Waals surface area contributed by atoms with Crippen molar-refractivity contribution in [1.29, 1.82) is 0 Å². The predicted octanol–water partition coefficient (Wildman–Crippen LogP) is 1.59. The van der Waals surface area contributed by atoms with Crippen LogP contribution in [0, 0.1) is 0 Å². The lowest BCUT2D eigenvalue weighted by molar-refractivity contribution is 0.520. The maximum Gasteiger partial charge on any atom is 0.242 e. The molecule has 154 valence electrons. The van der Waals surface area contributed by atoms with Crippen LogP contribution in [0.25, 0.3) is 5.69 Å². The highest BCUT2D eigenvalue weighted by Crippen LogP contribution is 2.26. The Morgan fingerprint density at radius 3 is 2.34 bits per heavy atom. The van der Waals surface area contributed by atoms with Crippen molar-refractivity contribution in [3.63, 3.8) is 0 Å². The number of tetrazole rings is 1. The summed E-state index contributed by atoms with van der Waals surface area (Å²) < 4.78 is 53.1. The summed E-state index contributed by atoms with van der Waals surface area (Å²) in [5.74, 6) is -0.152. The summed E-state index contributed by atoms with van der Waals surface area (Å²) in [6.45, 7) is 1.51. The van der Waals surface area contributed by atoms with Gasteiger partial charge in [-0.25, -0.2) is 21.1 Å². The first kappa shape index (κ1) is 21.1. The fourth-order valence-electron chi connectivity index (χ4n) is 2.73. The van der Waals surface area contributed by atoms with Gasteiger partial charge in [0.2, 0.25) is 10.0 Å². The van der Waals surface area contributed by atoms with Crippen LogP contribution < -0.4 is 0 Å². The van der Waals surface area contributed by atoms with Gasteiger partial charge in [0.25, 0.3) is 0 Å². The Hall–Kier alpha value is -2.63. The lowest BCUT2D eigenvalue weighted by Crippen LogP contribution is -2.22. The van der Waals surface area contributed by atoms with Crippen molar-refractivity contribution in [3.8, 4) is 5.69 Å². The van der Waals surface area contributed by atoms with Crippen LogP contribution in [-0.2, 0) is 25.6 Å². The second kappa shape index (κ2) is 8.01. The van der Waals surface area contributed by atoms with E-state index in [1.807, 2.05) is 6.07 Å². The van der Waals surface area contributed by atoms with E-state index in [1.54, 1.807) is 30.3 Å². The summed E-state index contributed by atoms with van der Waals surface area (Å²) in [4.78, 5) is 0.0389. The van der Waals surface area contributed by atoms with Crippen LogP contribution in [0.2, 0.25) is 0 Å². The Morgan fingerprint density at radius 2 is 1.69 bits per heavy atom. The van der Waals surface area contributed by atoms with Crippen LogP contribution in [0.4, 0.5) is 0 Å². The van der Waals surface area contributed by atoms with Crippen LogP contribution in [0.3, 0.4) is 0 Å². The van der Waals surface area contributed by atoms with Gasteiger partial charge in [-0.15, -0.1) is 5.10 Å². The number of para-hydroxylation sites is 1. The van der Waals surface area contributed by atoms with Gasteiger partial charge in [0.05, 0.1) is 16.3 Å². The molecule has 1 unspecified atom stereocenters. The van der Waals surface area contributed by atoms with E-state index in [-0.39, 0.29) is 16.5 Å². The molecule has 0 aliphatic carbocycles. The van der Waals surface area contributed by atoms with Crippen molar-refractivity contribution < 1.29 is 16.8 Å². The van der Waals surface area contributed by atoms with Gasteiger partial charge in [-0.2, -0.15) is 4.68 Å². The summed E-state index contributed by atoms with van der Waals surface area (Å²) in [7, 11) is -4.54. The van der Waals surface area contributed by atoms with Crippen molar-refractivity contribution in [2.45, 2.75) is 22.8 Å². The maximum atomic E-state index is 13.0. The average Bonchev–Trinajstić information content (AvgIpc) is 3.17. The van der Waals surface area contributed by atoms with Crippen molar-refractivity contribution in [2.24, 2.45) is 0 Å². The van der Waals surface area contributed by atoms with Gasteiger partial charge < -0.3 is 0 Å². The van der Waals surface area contributed by atoms with Crippen molar-refractivity contribution >= 4 is 19.9 Å². The van der Waals surface area contributed by atoms with Gasteiger partial charge in [0.1, 0.15) is 5.25 Å². The molecule has 2 aromatic carbocycles. The van der Waals surface area contributed by atoms with Gasteiger partial charge in [-0.1, -0.05) is 30.3 Å². The van der Waals surface area contributed by atoms with Crippen molar-refractivity contribution in [2.75, 3.05) is 14.1 Å². The molecule has 0 N–H and O–H groups in total. The van der Waals surface area contributed by atoms with Crippen LogP contribution in [0.1, 0.15) is 23.6 Å². The monoisotopic (exact) mass is 435 g/mol. The van der Waals surface area contributed by atoms with E-state index >= 15 is 0 Å². The molecule has 9 nitrogen and oxygen atoms in total. The number of aromatic nitrogens is 4. The van der Waals surface area contributed by atoms with Gasteiger partial charge in [-0.3, -0.25) is 0 Å². The lowest BCUT2D eigenvalue weighted by Gasteiger charge is -2.15. The lowest BCUT2D eigenvalue weighted by atomic mass is 10.2. The molecule has 1 aromatic heterocycles. The summed E-state index contributed by atoms with van der Waals surface area (Å²) >= 11 is 0. The molecule has 1 heterocycles. The van der Waals surface area contributed by atoms with E-state index in [0.717, 1.165) is 4.31 Å². The predicted molar refractivity (Wildman–Crippen MR) is 108 cm³/mol. The molecule has 3 aromatic rings. The van der Waals surface area contributed by atoms with E-state index in [4.69, 9.17) is 0 Å². The largest absolute Gasteiger partial charge is 0.242 e. The summed E-state index contributed by atoms with van der Waals surface area (Å²) in [6.07, 6.45) is 0. The molecule has 0 aliphatic rings. The van der Waals surface area contributed by atoms with Crippen LogP contribution in [0.15, 0.2) is 59.5 Å². The molecular weight excluding hydrogens is 414 g/mol. The molecule has 0 fully saturated rings. The summed E-state index contributed by atoms with van der Waals surface area (Å²) in [6, 6.07) is 14.9. The number of sulfone groups is 1. The van der Waals surface area contributed by atoms with Gasteiger partial charge in [0.15, 0.2) is 15.7 Å². The van der Waals surface area contributed by atoms with Gasteiger partial charge in [0, 0.05) is 14.1 Å². The highest BCUT2D eigenvalue weighted by molar-refractivity contribution is 7.90. The zero-order valence-corrected chi connectivity index (χ0v) is 17.8. The molecule has 0 radical (unpaired) electrons. The van der Waals surface area contributed by atoms with Gasteiger partial charge >= 0.3 is 0 Å². The first-order chi connectivity index (χ1) is 13.6. The highest BCUT2D eigenvalue weighted by Gasteiger charge is 2.29. The zero-order valence-electron chi connectivity index (χ0n) is 16.2. The number of rotatable bonds is 7. The topological polar surface area (TPSA) is 115 Å². The van der Waals surface area contributed by atoms with E-state index < -0.39 is 25.1 Å². The molecule has 0 saturated carbocycles. The molecule has 0 spiro atoms. The van der Waals surface area contributed by atoms with E-state index in [0.29, 0.717) is 11.3 Å². The molecule has 0 aliphatic heterocycles. The summed E-state index contributed by atoms with van der Waals surface area (Å²) in [5, 5.41) is 10.4. The SMILES string of the molecule is CC(c1nnnn1-c1ccccc1)S(=O)(=O)Cc1cccc(S(=O)(=O)N(C)C)c1. The molecule has 29 heavy (non-hydrogen) atoms. The van der Waals surface area contributed by atoms with Crippen LogP contribution in [-0.4, -0.2) is 55.4 Å². The molecule has 0 saturated heterocycles. The smallest absolute Gasteiger partial charge is 0.228 e. The Bertz CT molecular complexity index is 1210. The number of nitrogens with zero attached hydrogens (tertiary/aromatic N) is 5. The van der Waals surface area contributed by atoms with Crippen molar-refractivity contribution in [1.82, 2.24) is 24.5 Å². The van der Waals surface area contributed by atoms with Gasteiger partial charge in [-0.05, 0) is 47.2 Å². The van der Waals surface area contributed by atoms with Crippen molar-refractivity contribution in [3.05, 3.63) is 66.0 Å². The summed E-state index contributed by atoms with van der Waals surface area (Å²) in [5.41, 5.74) is 1.02. The third-order valence-corrected chi connectivity index (χ3v) is 8.28. The maximum absolute atomic E-state index is 13.0. The second-order valence-corrected chi connectivity index (χ2v) is 11.1. The first-order valence-electron chi connectivity index (χ1n) is 8.69. The Morgan fingerprint density at radius 1 is 1.00 bits per heavy atom. The molecule has 0 amide bonds. The first-order valence-corrected chi connectivity index (χ1v) is 11.9. The second-order valence-electron chi connectivity index (χ2n) is 6.67. The molecule has 0 bridgehead atoms. The minimum absolute atomic E-state index is 0.0389. The zero-order chi connectivity index (χ0) is 21.2. The molecular formula is C18H21N5O4S2. The van der Waals surface area contributed by atoms with E-state index in [1.165, 1.54) is 43.9 Å². The number of hydrogen-bond acceptors (Lipinski definition) is 7. The Labute approximate surface area is 169 Å². The van der Waals surface area contributed by atoms with E-state index in [2.05, 4.69) is 15.5 Å². The fourth-order valence-corrected chi connectivity index (χ4v) is 5.06. The third kappa shape index (κ3) is 4.36. The number of sulfonamides is 1. The average molecular weight is 436 g/mol.